The molecule has 1 aromatic heterocycles. The van der Waals surface area contributed by atoms with E-state index in [9.17, 15) is 0 Å². The van der Waals surface area contributed by atoms with E-state index >= 15 is 0 Å². The van der Waals surface area contributed by atoms with Gasteiger partial charge in [-0.15, -0.1) is 0 Å². The van der Waals surface area contributed by atoms with E-state index in [1.807, 2.05) is 30.3 Å². The highest BCUT2D eigenvalue weighted by Crippen LogP contribution is 2.10. The first-order chi connectivity index (χ1) is 9.25. The van der Waals surface area contributed by atoms with E-state index in [0.717, 1.165) is 5.56 Å². The molecule has 0 aliphatic carbocycles. The molecule has 2 aromatic rings. The Morgan fingerprint density at radius 2 is 1.84 bits per heavy atom. The summed E-state index contributed by atoms with van der Waals surface area (Å²) in [4.78, 5) is 3.98. The molecule has 4 heteroatoms. The number of nitrogens with one attached hydrogen (secondary N) is 2. The van der Waals surface area contributed by atoms with Gasteiger partial charge in [0.25, 0.3) is 0 Å². The predicted molar refractivity (Wildman–Crippen MR) is 81.7 cm³/mol. The molecule has 0 bridgehead atoms. The fraction of sp³-hybridized carbons (Fsp3) is 0.200. The van der Waals surface area contributed by atoms with Gasteiger partial charge < -0.3 is 10.6 Å². The molecular weight excluding hydrogens is 254 g/mol. The normalized spacial score (nSPS) is 11.6. The first-order valence-corrected chi connectivity index (χ1v) is 6.65. The Morgan fingerprint density at radius 1 is 1.16 bits per heavy atom. The van der Waals surface area contributed by atoms with Gasteiger partial charge in [-0.2, -0.15) is 0 Å². The quantitative estimate of drug-likeness (QED) is 0.839. The van der Waals surface area contributed by atoms with E-state index in [1.165, 1.54) is 5.56 Å². The summed E-state index contributed by atoms with van der Waals surface area (Å²) in [6, 6.07) is 14.4. The fourth-order valence-electron chi connectivity index (χ4n) is 1.76. The summed E-state index contributed by atoms with van der Waals surface area (Å²) < 4.78 is 0. The van der Waals surface area contributed by atoms with Crippen LogP contribution in [0.25, 0.3) is 0 Å². The second-order valence-electron chi connectivity index (χ2n) is 4.31. The number of aromatic nitrogens is 1. The number of hydrogen-bond donors (Lipinski definition) is 2. The average Bonchev–Trinajstić information content (AvgIpc) is 2.47. The zero-order chi connectivity index (χ0) is 13.5. The monoisotopic (exact) mass is 271 g/mol. The molecule has 2 rings (SSSR count). The van der Waals surface area contributed by atoms with E-state index in [0.29, 0.717) is 11.7 Å². The summed E-state index contributed by atoms with van der Waals surface area (Å²) in [5, 5.41) is 7.12. The maximum atomic E-state index is 5.29. The van der Waals surface area contributed by atoms with Crippen LogP contribution < -0.4 is 10.6 Å². The Balaban J connectivity index is 1.82. The van der Waals surface area contributed by atoms with Gasteiger partial charge in [0, 0.05) is 18.9 Å². The molecule has 1 atom stereocenters. The van der Waals surface area contributed by atoms with Crippen LogP contribution in [0.2, 0.25) is 0 Å². The molecule has 0 saturated heterocycles. The minimum Gasteiger partial charge on any atom is -0.359 e. The van der Waals surface area contributed by atoms with Crippen molar-refractivity contribution in [3.63, 3.8) is 0 Å². The van der Waals surface area contributed by atoms with Crippen LogP contribution in [0.1, 0.15) is 24.1 Å². The third-order valence-electron chi connectivity index (χ3n) is 2.85. The fourth-order valence-corrected chi connectivity index (χ4v) is 2.00. The van der Waals surface area contributed by atoms with Crippen molar-refractivity contribution in [2.24, 2.45) is 0 Å². The van der Waals surface area contributed by atoms with E-state index in [1.54, 1.807) is 12.4 Å². The predicted octanol–water partition coefficient (Wildman–Crippen LogP) is 2.81. The lowest BCUT2D eigenvalue weighted by molar-refractivity contribution is 0.697. The van der Waals surface area contributed by atoms with Crippen molar-refractivity contribution in [2.45, 2.75) is 19.5 Å². The van der Waals surface area contributed by atoms with Crippen molar-refractivity contribution >= 4 is 17.3 Å². The maximum absolute atomic E-state index is 5.29. The molecule has 0 spiro atoms. The summed E-state index contributed by atoms with van der Waals surface area (Å²) in [6.07, 6.45) is 3.56. The number of hydrogen-bond acceptors (Lipinski definition) is 2. The van der Waals surface area contributed by atoms with Crippen LogP contribution in [0.15, 0.2) is 54.9 Å². The van der Waals surface area contributed by atoms with Gasteiger partial charge in [-0.05, 0) is 42.4 Å². The number of nitrogens with zero attached hydrogens (tertiary/aromatic N) is 1. The van der Waals surface area contributed by atoms with E-state index in [-0.39, 0.29) is 6.04 Å². The molecule has 3 nitrogen and oxygen atoms in total. The topological polar surface area (TPSA) is 37.0 Å². The highest BCUT2D eigenvalue weighted by molar-refractivity contribution is 7.80. The van der Waals surface area contributed by atoms with Gasteiger partial charge in [0.1, 0.15) is 0 Å². The lowest BCUT2D eigenvalue weighted by Crippen LogP contribution is -2.36. The van der Waals surface area contributed by atoms with Crippen LogP contribution in [0.4, 0.5) is 0 Å². The van der Waals surface area contributed by atoms with Crippen molar-refractivity contribution in [3.05, 3.63) is 66.0 Å². The smallest absolute Gasteiger partial charge is 0.167 e. The number of benzene rings is 1. The second-order valence-corrected chi connectivity index (χ2v) is 4.72. The Kier molecular flexibility index (Phi) is 4.86. The molecule has 2 N–H and O–H groups in total. The van der Waals surface area contributed by atoms with Crippen LogP contribution in [0.3, 0.4) is 0 Å². The van der Waals surface area contributed by atoms with Gasteiger partial charge in [0.15, 0.2) is 5.11 Å². The Labute approximate surface area is 119 Å². The zero-order valence-electron chi connectivity index (χ0n) is 10.8. The molecule has 1 aromatic carbocycles. The third-order valence-corrected chi connectivity index (χ3v) is 3.11. The summed E-state index contributed by atoms with van der Waals surface area (Å²) in [5.74, 6) is 0. The summed E-state index contributed by atoms with van der Waals surface area (Å²) >= 11 is 5.29. The summed E-state index contributed by atoms with van der Waals surface area (Å²) in [7, 11) is 0. The van der Waals surface area contributed by atoms with Gasteiger partial charge in [0.05, 0.1) is 6.04 Å². The lowest BCUT2D eigenvalue weighted by Gasteiger charge is -2.17. The largest absolute Gasteiger partial charge is 0.359 e. The third kappa shape index (κ3) is 4.34. The highest BCUT2D eigenvalue weighted by atomic mass is 32.1. The van der Waals surface area contributed by atoms with E-state index in [4.69, 9.17) is 12.2 Å². The van der Waals surface area contributed by atoms with Crippen molar-refractivity contribution in [3.8, 4) is 0 Å². The molecule has 19 heavy (non-hydrogen) atoms. The first kappa shape index (κ1) is 13.5. The standard InChI is InChI=1S/C15H17N3S/c1-12(14-5-3-2-4-6-14)18-15(19)17-11-13-7-9-16-10-8-13/h2-10,12H,11H2,1H3,(H2,17,18,19)/t12-/m0/s1. The number of pyridine rings is 1. The van der Waals surface area contributed by atoms with Crippen LogP contribution in [-0.2, 0) is 6.54 Å². The first-order valence-electron chi connectivity index (χ1n) is 6.24. The lowest BCUT2D eigenvalue weighted by atomic mass is 10.1. The van der Waals surface area contributed by atoms with Gasteiger partial charge >= 0.3 is 0 Å². The van der Waals surface area contributed by atoms with Crippen molar-refractivity contribution in [2.75, 3.05) is 0 Å². The minimum absolute atomic E-state index is 0.193. The molecule has 0 radical (unpaired) electrons. The van der Waals surface area contributed by atoms with Gasteiger partial charge in [0.2, 0.25) is 0 Å². The van der Waals surface area contributed by atoms with Crippen LogP contribution in [0, 0.1) is 0 Å². The molecule has 0 aliphatic heterocycles. The van der Waals surface area contributed by atoms with Crippen LogP contribution in [-0.4, -0.2) is 10.1 Å². The highest BCUT2D eigenvalue weighted by Gasteiger charge is 2.05. The molecule has 0 fully saturated rings. The van der Waals surface area contributed by atoms with Crippen molar-refractivity contribution in [1.29, 1.82) is 0 Å². The van der Waals surface area contributed by atoms with Crippen molar-refractivity contribution < 1.29 is 0 Å². The van der Waals surface area contributed by atoms with Crippen molar-refractivity contribution in [1.82, 2.24) is 15.6 Å². The van der Waals surface area contributed by atoms with E-state index < -0.39 is 0 Å². The molecule has 0 unspecified atom stereocenters. The summed E-state index contributed by atoms with van der Waals surface area (Å²) in [5.41, 5.74) is 2.38. The molecule has 0 aliphatic rings. The van der Waals surface area contributed by atoms with Gasteiger partial charge in [-0.3, -0.25) is 4.98 Å². The average molecular weight is 271 g/mol. The molecule has 1 heterocycles. The maximum Gasteiger partial charge on any atom is 0.167 e. The van der Waals surface area contributed by atoms with Gasteiger partial charge in [-0.25, -0.2) is 0 Å². The zero-order valence-corrected chi connectivity index (χ0v) is 11.7. The molecule has 0 saturated carbocycles. The molecule has 98 valence electrons. The second kappa shape index (κ2) is 6.85. The van der Waals surface area contributed by atoms with Gasteiger partial charge in [-0.1, -0.05) is 30.3 Å². The van der Waals surface area contributed by atoms with E-state index in [2.05, 4.69) is 34.7 Å². The summed E-state index contributed by atoms with van der Waals surface area (Å²) in [6.45, 7) is 2.80. The van der Waals surface area contributed by atoms with Crippen LogP contribution in [0.5, 0.6) is 0 Å². The minimum atomic E-state index is 0.193. The Bertz CT molecular complexity index is 513. The number of rotatable bonds is 4. The Morgan fingerprint density at radius 3 is 2.53 bits per heavy atom. The SMILES string of the molecule is C[C@H](NC(=S)NCc1ccncc1)c1ccccc1. The molecule has 0 amide bonds. The Hall–Kier alpha value is -1.94. The van der Waals surface area contributed by atoms with Crippen LogP contribution >= 0.6 is 12.2 Å². The molecular formula is C15H17N3S. The number of thiocarbonyl (C=S) groups is 1.